The Balaban J connectivity index is 2.91. The van der Waals surface area contributed by atoms with E-state index in [1.54, 1.807) is 0 Å². The van der Waals surface area contributed by atoms with E-state index in [9.17, 15) is 0 Å². The SMILES string of the molecule is CO[SiH](OC)C1(C(C)(C)C)CCCC1. The van der Waals surface area contributed by atoms with E-state index < -0.39 is 9.28 Å². The Bertz CT molecular complexity index is 176. The Morgan fingerprint density at radius 2 is 1.43 bits per heavy atom. The quantitative estimate of drug-likeness (QED) is 0.675. The third kappa shape index (κ3) is 1.90. The highest BCUT2D eigenvalue weighted by atomic mass is 28.3. The molecule has 0 saturated heterocycles. The minimum atomic E-state index is -1.51. The molecule has 84 valence electrons. The largest absolute Gasteiger partial charge is 0.400 e. The first-order chi connectivity index (χ1) is 6.48. The van der Waals surface area contributed by atoms with Gasteiger partial charge in [0.05, 0.1) is 0 Å². The van der Waals surface area contributed by atoms with Crippen LogP contribution in [0, 0.1) is 5.41 Å². The van der Waals surface area contributed by atoms with Crippen molar-refractivity contribution in [2.75, 3.05) is 14.2 Å². The molecule has 0 bridgehead atoms. The summed E-state index contributed by atoms with van der Waals surface area (Å²) in [6.07, 6.45) is 5.26. The van der Waals surface area contributed by atoms with Crippen LogP contribution >= 0.6 is 0 Å². The Hall–Kier alpha value is 0.137. The average molecular weight is 216 g/mol. The van der Waals surface area contributed by atoms with Crippen LogP contribution in [0.2, 0.25) is 5.04 Å². The van der Waals surface area contributed by atoms with Gasteiger partial charge in [-0.15, -0.1) is 0 Å². The molecule has 0 aromatic carbocycles. The van der Waals surface area contributed by atoms with Crippen molar-refractivity contribution < 1.29 is 8.85 Å². The van der Waals surface area contributed by atoms with Crippen molar-refractivity contribution in [3.05, 3.63) is 0 Å². The van der Waals surface area contributed by atoms with Gasteiger partial charge in [0.15, 0.2) is 0 Å². The van der Waals surface area contributed by atoms with Gasteiger partial charge in [-0.05, 0) is 18.3 Å². The van der Waals surface area contributed by atoms with Crippen LogP contribution in [-0.2, 0) is 8.85 Å². The topological polar surface area (TPSA) is 18.5 Å². The zero-order chi connectivity index (χ0) is 10.8. The second-order valence-corrected chi connectivity index (χ2v) is 8.13. The zero-order valence-electron chi connectivity index (χ0n) is 10.2. The molecule has 0 radical (unpaired) electrons. The Morgan fingerprint density at radius 1 is 1.00 bits per heavy atom. The van der Waals surface area contributed by atoms with E-state index in [1.807, 2.05) is 14.2 Å². The van der Waals surface area contributed by atoms with E-state index in [0.29, 0.717) is 10.5 Å². The average Bonchev–Trinajstić information content (AvgIpc) is 2.55. The van der Waals surface area contributed by atoms with Crippen LogP contribution in [0.5, 0.6) is 0 Å². The van der Waals surface area contributed by atoms with Gasteiger partial charge in [-0.3, -0.25) is 0 Å². The predicted molar refractivity (Wildman–Crippen MR) is 61.8 cm³/mol. The molecule has 0 N–H and O–H groups in total. The van der Waals surface area contributed by atoms with Gasteiger partial charge >= 0.3 is 9.28 Å². The predicted octanol–water partition coefficient (Wildman–Crippen LogP) is 2.86. The molecule has 1 saturated carbocycles. The molecule has 0 aliphatic heterocycles. The Kier molecular flexibility index (Phi) is 3.78. The van der Waals surface area contributed by atoms with Gasteiger partial charge in [0, 0.05) is 19.3 Å². The molecule has 2 nitrogen and oxygen atoms in total. The molecule has 0 atom stereocenters. The summed E-state index contributed by atoms with van der Waals surface area (Å²) < 4.78 is 11.3. The molecule has 1 rings (SSSR count). The zero-order valence-corrected chi connectivity index (χ0v) is 11.4. The van der Waals surface area contributed by atoms with E-state index in [4.69, 9.17) is 8.85 Å². The van der Waals surface area contributed by atoms with Crippen molar-refractivity contribution in [1.29, 1.82) is 0 Å². The normalized spacial score (nSPS) is 21.9. The molecule has 0 amide bonds. The summed E-state index contributed by atoms with van der Waals surface area (Å²) in [4.78, 5) is 0. The summed E-state index contributed by atoms with van der Waals surface area (Å²) >= 11 is 0. The molecule has 1 aliphatic carbocycles. The van der Waals surface area contributed by atoms with Crippen molar-refractivity contribution in [1.82, 2.24) is 0 Å². The Morgan fingerprint density at radius 3 is 1.71 bits per heavy atom. The molecule has 0 unspecified atom stereocenters. The van der Waals surface area contributed by atoms with Gasteiger partial charge in [-0.25, -0.2) is 0 Å². The van der Waals surface area contributed by atoms with Crippen molar-refractivity contribution >= 4 is 9.28 Å². The minimum Gasteiger partial charge on any atom is -0.400 e. The summed E-state index contributed by atoms with van der Waals surface area (Å²) in [5.74, 6) is 0. The molecule has 1 fully saturated rings. The van der Waals surface area contributed by atoms with Crippen LogP contribution in [0.4, 0.5) is 0 Å². The van der Waals surface area contributed by atoms with Gasteiger partial charge in [0.25, 0.3) is 0 Å². The van der Waals surface area contributed by atoms with Crippen LogP contribution in [0.1, 0.15) is 46.5 Å². The molecular weight excluding hydrogens is 192 g/mol. The third-order valence-electron chi connectivity index (χ3n) is 3.87. The lowest BCUT2D eigenvalue weighted by Gasteiger charge is -2.44. The molecule has 3 heteroatoms. The number of rotatable bonds is 3. The number of hydrogen-bond donors (Lipinski definition) is 0. The van der Waals surface area contributed by atoms with E-state index >= 15 is 0 Å². The smallest absolute Gasteiger partial charge is 0.327 e. The second-order valence-electron chi connectivity index (χ2n) is 5.42. The second kappa shape index (κ2) is 4.33. The molecule has 1 aliphatic rings. The minimum absolute atomic E-state index is 0.312. The highest BCUT2D eigenvalue weighted by molar-refractivity contribution is 6.49. The fraction of sp³-hybridized carbons (Fsp3) is 1.00. The first-order valence-electron chi connectivity index (χ1n) is 5.53. The van der Waals surface area contributed by atoms with Gasteiger partial charge < -0.3 is 8.85 Å². The lowest BCUT2D eigenvalue weighted by Crippen LogP contribution is -2.43. The van der Waals surface area contributed by atoms with Crippen LogP contribution in [0.25, 0.3) is 0 Å². The summed E-state index contributed by atoms with van der Waals surface area (Å²) in [6.45, 7) is 6.99. The highest BCUT2D eigenvalue weighted by Gasteiger charge is 2.52. The maximum Gasteiger partial charge on any atom is 0.327 e. The summed E-state index contributed by atoms with van der Waals surface area (Å²) in [6, 6.07) is 0. The molecular formula is C11H24O2Si. The molecule has 0 aromatic heterocycles. The van der Waals surface area contributed by atoms with E-state index in [-0.39, 0.29) is 0 Å². The van der Waals surface area contributed by atoms with Crippen molar-refractivity contribution in [3.8, 4) is 0 Å². The van der Waals surface area contributed by atoms with Crippen LogP contribution in [0.3, 0.4) is 0 Å². The molecule has 0 spiro atoms. The van der Waals surface area contributed by atoms with Gasteiger partial charge in [0.2, 0.25) is 0 Å². The van der Waals surface area contributed by atoms with Gasteiger partial charge in [-0.1, -0.05) is 33.6 Å². The summed E-state index contributed by atoms with van der Waals surface area (Å²) in [7, 11) is 2.12. The lowest BCUT2D eigenvalue weighted by atomic mass is 9.78. The Labute approximate surface area is 89.8 Å². The molecule has 0 aromatic rings. The first kappa shape index (κ1) is 12.2. The maximum absolute atomic E-state index is 5.63. The van der Waals surface area contributed by atoms with Crippen LogP contribution < -0.4 is 0 Å². The highest BCUT2D eigenvalue weighted by Crippen LogP contribution is 2.59. The molecule has 14 heavy (non-hydrogen) atoms. The lowest BCUT2D eigenvalue weighted by molar-refractivity contribution is 0.164. The maximum atomic E-state index is 5.63. The van der Waals surface area contributed by atoms with E-state index in [0.717, 1.165) is 0 Å². The van der Waals surface area contributed by atoms with E-state index in [2.05, 4.69) is 20.8 Å². The van der Waals surface area contributed by atoms with Gasteiger partial charge in [0.1, 0.15) is 0 Å². The standard InChI is InChI=1S/C11H24O2Si/c1-10(2,3)11(8-6-7-9-11)14(12-4)13-5/h14H,6-9H2,1-5H3. The fourth-order valence-electron chi connectivity index (χ4n) is 2.89. The summed E-state index contributed by atoms with van der Waals surface area (Å²) in [5, 5.41) is 0.344. The third-order valence-corrected chi connectivity index (χ3v) is 7.07. The van der Waals surface area contributed by atoms with Crippen LogP contribution in [0.15, 0.2) is 0 Å². The van der Waals surface area contributed by atoms with Crippen molar-refractivity contribution in [3.63, 3.8) is 0 Å². The van der Waals surface area contributed by atoms with Crippen LogP contribution in [-0.4, -0.2) is 23.5 Å². The first-order valence-corrected chi connectivity index (χ1v) is 7.05. The molecule has 0 heterocycles. The van der Waals surface area contributed by atoms with Gasteiger partial charge in [-0.2, -0.15) is 0 Å². The van der Waals surface area contributed by atoms with E-state index in [1.165, 1.54) is 25.7 Å². The summed E-state index contributed by atoms with van der Waals surface area (Å²) in [5.41, 5.74) is 0.312. The number of hydrogen-bond acceptors (Lipinski definition) is 2. The fourth-order valence-corrected chi connectivity index (χ4v) is 5.57. The van der Waals surface area contributed by atoms with Crippen molar-refractivity contribution in [2.24, 2.45) is 5.41 Å². The monoisotopic (exact) mass is 216 g/mol. The van der Waals surface area contributed by atoms with Crippen molar-refractivity contribution in [2.45, 2.75) is 51.5 Å².